The van der Waals surface area contributed by atoms with Gasteiger partial charge in [-0.05, 0) is 24.6 Å². The molecule has 1 fully saturated rings. The van der Waals surface area contributed by atoms with Crippen LogP contribution in [0.3, 0.4) is 0 Å². The summed E-state index contributed by atoms with van der Waals surface area (Å²) in [5, 5.41) is 4.09. The van der Waals surface area contributed by atoms with Gasteiger partial charge in [0.25, 0.3) is 5.91 Å². The molecule has 0 unspecified atom stereocenters. The van der Waals surface area contributed by atoms with Gasteiger partial charge in [-0.15, -0.1) is 0 Å². The molecule has 1 saturated heterocycles. The molecule has 0 radical (unpaired) electrons. The molecular weight excluding hydrogens is 328 g/mol. The number of carbonyl (C=O) groups excluding carboxylic acids is 1. The van der Waals surface area contributed by atoms with Crippen LogP contribution in [0.15, 0.2) is 36.7 Å². The molecule has 2 aromatic rings. The van der Waals surface area contributed by atoms with Crippen LogP contribution < -0.4 is 4.31 Å². The molecule has 0 N–H and O–H groups in total. The van der Waals surface area contributed by atoms with Gasteiger partial charge < -0.3 is 4.90 Å². The molecule has 1 aromatic carbocycles. The Kier molecular flexibility index (Phi) is 4.31. The fourth-order valence-electron chi connectivity index (χ4n) is 2.84. The van der Waals surface area contributed by atoms with E-state index in [0.717, 1.165) is 5.56 Å². The minimum Gasteiger partial charge on any atom is -0.337 e. The summed E-state index contributed by atoms with van der Waals surface area (Å²) in [6.45, 7) is 0.907. The van der Waals surface area contributed by atoms with Gasteiger partial charge in [-0.2, -0.15) is 5.10 Å². The summed E-state index contributed by atoms with van der Waals surface area (Å²) in [7, 11) is 0.290. The van der Waals surface area contributed by atoms with Gasteiger partial charge >= 0.3 is 0 Å². The Morgan fingerprint density at radius 3 is 2.79 bits per heavy atom. The van der Waals surface area contributed by atoms with Crippen molar-refractivity contribution >= 4 is 21.6 Å². The number of amides is 1. The Morgan fingerprint density at radius 2 is 2.17 bits per heavy atom. The molecule has 0 saturated carbocycles. The van der Waals surface area contributed by atoms with Crippen molar-refractivity contribution in [2.45, 2.75) is 13.0 Å². The minimum absolute atomic E-state index is 0.155. The summed E-state index contributed by atoms with van der Waals surface area (Å²) in [5.74, 6) is 0.00353. The summed E-state index contributed by atoms with van der Waals surface area (Å²) in [5.41, 5.74) is 1.96. The standard InChI is InChI=1S/C16H20N4O3S/c1-18(11-13-10-17-19(2)12-13)16(21)14-5-3-6-15(9-14)20-7-4-8-24(20,22)23/h3,5-6,9-10,12H,4,7-8,11H2,1-2H3. The summed E-state index contributed by atoms with van der Waals surface area (Å²) >= 11 is 0. The van der Waals surface area contributed by atoms with Gasteiger partial charge in [0.05, 0.1) is 17.6 Å². The summed E-state index contributed by atoms with van der Waals surface area (Å²) in [4.78, 5) is 14.2. The average molecular weight is 348 g/mol. The van der Waals surface area contributed by atoms with Crippen LogP contribution >= 0.6 is 0 Å². The molecule has 0 spiro atoms. The molecule has 0 bridgehead atoms. The number of nitrogens with zero attached hydrogens (tertiary/aromatic N) is 4. The second kappa shape index (κ2) is 6.27. The fourth-order valence-corrected chi connectivity index (χ4v) is 4.40. The molecule has 0 aliphatic carbocycles. The highest BCUT2D eigenvalue weighted by molar-refractivity contribution is 7.93. The molecule has 24 heavy (non-hydrogen) atoms. The number of hydrogen-bond donors (Lipinski definition) is 0. The highest BCUT2D eigenvalue weighted by atomic mass is 32.2. The topological polar surface area (TPSA) is 75.5 Å². The third kappa shape index (κ3) is 3.28. The number of aromatic nitrogens is 2. The third-order valence-corrected chi connectivity index (χ3v) is 5.87. The zero-order valence-electron chi connectivity index (χ0n) is 13.7. The lowest BCUT2D eigenvalue weighted by molar-refractivity contribution is 0.0785. The molecule has 7 nitrogen and oxygen atoms in total. The minimum atomic E-state index is -3.25. The van der Waals surface area contributed by atoms with E-state index in [-0.39, 0.29) is 11.7 Å². The lowest BCUT2D eigenvalue weighted by atomic mass is 10.1. The molecule has 128 valence electrons. The Hall–Kier alpha value is -2.35. The molecule has 1 aromatic heterocycles. The first kappa shape index (κ1) is 16.5. The van der Waals surface area contributed by atoms with Gasteiger partial charge in [-0.25, -0.2) is 8.42 Å². The maximum Gasteiger partial charge on any atom is 0.253 e. The van der Waals surface area contributed by atoms with Crippen LogP contribution in [0.25, 0.3) is 0 Å². The summed E-state index contributed by atoms with van der Waals surface area (Å²) < 4.78 is 27.2. The third-order valence-electron chi connectivity index (χ3n) is 4.01. The van der Waals surface area contributed by atoms with Crippen LogP contribution in [0.4, 0.5) is 5.69 Å². The van der Waals surface area contributed by atoms with Crippen LogP contribution in [0.2, 0.25) is 0 Å². The SMILES string of the molecule is CN(Cc1cnn(C)c1)C(=O)c1cccc(N2CCCS2(=O)=O)c1. The number of anilines is 1. The van der Waals surface area contributed by atoms with Crippen molar-refractivity contribution in [3.05, 3.63) is 47.8 Å². The van der Waals surface area contributed by atoms with Crippen molar-refractivity contribution in [3.63, 3.8) is 0 Å². The van der Waals surface area contributed by atoms with Gasteiger partial charge in [0, 0.05) is 44.5 Å². The number of sulfonamides is 1. The van der Waals surface area contributed by atoms with Gasteiger partial charge in [0.2, 0.25) is 10.0 Å². The zero-order valence-corrected chi connectivity index (χ0v) is 14.5. The maximum absolute atomic E-state index is 12.6. The number of rotatable bonds is 4. The highest BCUT2D eigenvalue weighted by Gasteiger charge is 2.28. The molecule has 3 rings (SSSR count). The van der Waals surface area contributed by atoms with E-state index in [1.54, 1.807) is 47.1 Å². The average Bonchev–Trinajstić information content (AvgIpc) is 3.11. The largest absolute Gasteiger partial charge is 0.337 e. The molecular formula is C16H20N4O3S. The van der Waals surface area contributed by atoms with E-state index >= 15 is 0 Å². The number of benzene rings is 1. The molecule has 1 aliphatic rings. The summed E-state index contributed by atoms with van der Waals surface area (Å²) in [6, 6.07) is 6.79. The zero-order chi connectivity index (χ0) is 17.3. The first-order valence-electron chi connectivity index (χ1n) is 7.70. The van der Waals surface area contributed by atoms with E-state index in [2.05, 4.69) is 5.10 Å². The van der Waals surface area contributed by atoms with E-state index in [4.69, 9.17) is 0 Å². The van der Waals surface area contributed by atoms with E-state index in [9.17, 15) is 13.2 Å². The van der Waals surface area contributed by atoms with Crippen LogP contribution in [-0.2, 0) is 23.6 Å². The molecule has 0 atom stereocenters. The van der Waals surface area contributed by atoms with Crippen molar-refractivity contribution < 1.29 is 13.2 Å². The van der Waals surface area contributed by atoms with Crippen molar-refractivity contribution in [1.29, 1.82) is 0 Å². The van der Waals surface area contributed by atoms with Gasteiger partial charge in [0.15, 0.2) is 0 Å². The molecule has 1 aliphatic heterocycles. The van der Waals surface area contributed by atoms with Crippen LogP contribution in [0, 0.1) is 0 Å². The van der Waals surface area contributed by atoms with Crippen molar-refractivity contribution in [2.75, 3.05) is 23.7 Å². The second-order valence-corrected chi connectivity index (χ2v) is 7.99. The van der Waals surface area contributed by atoms with E-state index < -0.39 is 10.0 Å². The Labute approximate surface area is 141 Å². The van der Waals surface area contributed by atoms with E-state index in [1.807, 2.05) is 13.2 Å². The van der Waals surface area contributed by atoms with Crippen molar-refractivity contribution in [2.24, 2.45) is 7.05 Å². The first-order valence-corrected chi connectivity index (χ1v) is 9.31. The summed E-state index contributed by atoms with van der Waals surface area (Å²) in [6.07, 6.45) is 4.19. The predicted octanol–water partition coefficient (Wildman–Crippen LogP) is 1.23. The fraction of sp³-hybridized carbons (Fsp3) is 0.375. The Morgan fingerprint density at radius 1 is 1.38 bits per heavy atom. The van der Waals surface area contributed by atoms with Gasteiger partial charge in [-0.3, -0.25) is 13.8 Å². The van der Waals surface area contributed by atoms with Crippen LogP contribution in [0.5, 0.6) is 0 Å². The normalized spacial score (nSPS) is 16.3. The van der Waals surface area contributed by atoms with Gasteiger partial charge in [0.1, 0.15) is 0 Å². The van der Waals surface area contributed by atoms with Crippen molar-refractivity contribution in [1.82, 2.24) is 14.7 Å². The van der Waals surface area contributed by atoms with Crippen LogP contribution in [0.1, 0.15) is 22.3 Å². The first-order chi connectivity index (χ1) is 11.4. The lowest BCUT2D eigenvalue weighted by Gasteiger charge is -2.20. The maximum atomic E-state index is 12.6. The quantitative estimate of drug-likeness (QED) is 0.833. The van der Waals surface area contributed by atoms with E-state index in [0.29, 0.717) is 30.8 Å². The number of carbonyl (C=O) groups is 1. The molecule has 1 amide bonds. The Balaban J connectivity index is 1.79. The smallest absolute Gasteiger partial charge is 0.253 e. The highest BCUT2D eigenvalue weighted by Crippen LogP contribution is 2.25. The second-order valence-electron chi connectivity index (χ2n) is 5.98. The lowest BCUT2D eigenvalue weighted by Crippen LogP contribution is -2.27. The van der Waals surface area contributed by atoms with E-state index in [1.165, 1.54) is 4.31 Å². The number of hydrogen-bond acceptors (Lipinski definition) is 4. The van der Waals surface area contributed by atoms with Crippen LogP contribution in [-0.4, -0.2) is 48.4 Å². The Bertz CT molecular complexity index is 860. The molecule has 2 heterocycles. The monoisotopic (exact) mass is 348 g/mol. The van der Waals surface area contributed by atoms with Gasteiger partial charge in [-0.1, -0.05) is 6.07 Å². The predicted molar refractivity (Wildman–Crippen MR) is 91.2 cm³/mol. The number of aryl methyl sites for hydroxylation is 1. The molecule has 8 heteroatoms. The van der Waals surface area contributed by atoms with Crippen molar-refractivity contribution in [3.8, 4) is 0 Å².